The molecule has 0 spiro atoms. The number of nitrogens with zero attached hydrogens (tertiary/aromatic N) is 3. The predicted molar refractivity (Wildman–Crippen MR) is 95.0 cm³/mol. The van der Waals surface area contributed by atoms with Crippen molar-refractivity contribution < 1.29 is 14.3 Å². The molecule has 1 N–H and O–H groups in total. The molecule has 0 aromatic heterocycles. The van der Waals surface area contributed by atoms with E-state index in [1.165, 1.54) is 0 Å². The van der Waals surface area contributed by atoms with Gasteiger partial charge in [0.05, 0.1) is 19.3 Å². The van der Waals surface area contributed by atoms with Gasteiger partial charge in [0.25, 0.3) is 0 Å². The molecule has 1 atom stereocenters. The van der Waals surface area contributed by atoms with Crippen molar-refractivity contribution in [3.05, 3.63) is 0 Å². The third-order valence-electron chi connectivity index (χ3n) is 3.16. The summed E-state index contributed by atoms with van der Waals surface area (Å²) < 4.78 is 11.3. The summed E-state index contributed by atoms with van der Waals surface area (Å²) in [4.78, 5) is 8.26. The first kappa shape index (κ1) is 21.4. The molecule has 0 aromatic carbocycles. The van der Waals surface area contributed by atoms with Gasteiger partial charge in [-0.1, -0.05) is 0 Å². The molecule has 0 amide bonds. The quantitative estimate of drug-likeness (QED) is 0.284. The average Bonchev–Trinajstić information content (AvgIpc) is 2.37. The molecule has 0 heterocycles. The first-order valence-electron chi connectivity index (χ1n) is 7.98. The van der Waals surface area contributed by atoms with Gasteiger partial charge in [-0.05, 0) is 32.5 Å². The molecule has 0 aromatic rings. The van der Waals surface area contributed by atoms with Gasteiger partial charge in [-0.25, -0.2) is 0 Å². The zero-order chi connectivity index (χ0) is 17.2. The van der Waals surface area contributed by atoms with Crippen LogP contribution >= 0.6 is 0 Å². The summed E-state index contributed by atoms with van der Waals surface area (Å²) in [5.41, 5.74) is 0. The molecule has 0 aliphatic carbocycles. The molecule has 0 radical (unpaired) electrons. The maximum Gasteiger partial charge on any atom is 0.195 e. The van der Waals surface area contributed by atoms with Gasteiger partial charge in [-0.15, -0.1) is 0 Å². The maximum atomic E-state index is 9.92. The summed E-state index contributed by atoms with van der Waals surface area (Å²) in [5, 5.41) is 9.92. The minimum Gasteiger partial charge on any atom is -0.418 e. The van der Waals surface area contributed by atoms with Crippen LogP contribution in [0.5, 0.6) is 0 Å². The normalized spacial score (nSPS) is 12.9. The van der Waals surface area contributed by atoms with Crippen LogP contribution in [-0.2, 0) is 9.16 Å². The number of aliphatic hydroxyl groups excluding tert-OH is 1. The lowest BCUT2D eigenvalue weighted by Gasteiger charge is -2.23. The fourth-order valence-electron chi connectivity index (χ4n) is 2.20. The standard InChI is InChI=1S/C15H35N3O3Si/c1-8-21-22(6,7)11-9-10-20-13-14(19)12-16-15(17(2)3)18(4)5/h14,19H,8-13H2,1-7H3. The van der Waals surface area contributed by atoms with Crippen LogP contribution in [0, 0.1) is 0 Å². The first-order chi connectivity index (χ1) is 10.2. The molecule has 6 nitrogen and oxygen atoms in total. The van der Waals surface area contributed by atoms with Gasteiger partial charge in [0.15, 0.2) is 14.3 Å². The number of hydrogen-bond donors (Lipinski definition) is 1. The fourth-order valence-corrected chi connectivity index (χ4v) is 4.13. The highest BCUT2D eigenvalue weighted by atomic mass is 28.4. The molecule has 0 rings (SSSR count). The van der Waals surface area contributed by atoms with E-state index in [2.05, 4.69) is 18.1 Å². The van der Waals surface area contributed by atoms with E-state index in [-0.39, 0.29) is 0 Å². The second-order valence-corrected chi connectivity index (χ2v) is 10.8. The van der Waals surface area contributed by atoms with Crippen molar-refractivity contribution >= 4 is 14.3 Å². The SMILES string of the molecule is CCO[Si](C)(C)CCCOCC(O)CN=C(N(C)C)N(C)C. The Balaban J connectivity index is 3.91. The van der Waals surface area contributed by atoms with Crippen molar-refractivity contribution in [3.63, 3.8) is 0 Å². The van der Waals surface area contributed by atoms with E-state index in [9.17, 15) is 5.11 Å². The van der Waals surface area contributed by atoms with Crippen LogP contribution in [-0.4, -0.2) is 89.8 Å². The molecule has 0 bridgehead atoms. The van der Waals surface area contributed by atoms with E-state index in [4.69, 9.17) is 9.16 Å². The van der Waals surface area contributed by atoms with Crippen LogP contribution in [0.1, 0.15) is 13.3 Å². The third kappa shape index (κ3) is 10.2. The summed E-state index contributed by atoms with van der Waals surface area (Å²) in [6, 6.07) is 1.08. The summed E-state index contributed by atoms with van der Waals surface area (Å²) in [7, 11) is 6.23. The van der Waals surface area contributed by atoms with Crippen molar-refractivity contribution in [2.75, 3.05) is 54.6 Å². The fraction of sp³-hybridized carbons (Fsp3) is 0.933. The largest absolute Gasteiger partial charge is 0.418 e. The number of hydrogen-bond acceptors (Lipinski definition) is 4. The second-order valence-electron chi connectivity index (χ2n) is 6.45. The van der Waals surface area contributed by atoms with Gasteiger partial charge >= 0.3 is 0 Å². The molecule has 7 heteroatoms. The molecular formula is C15H35N3O3Si. The summed E-state index contributed by atoms with van der Waals surface area (Å²) in [6.45, 7) is 8.63. The van der Waals surface area contributed by atoms with Crippen LogP contribution in [0.15, 0.2) is 4.99 Å². The van der Waals surface area contributed by atoms with E-state index in [1.807, 2.05) is 44.9 Å². The molecule has 132 valence electrons. The zero-order valence-corrected chi connectivity index (χ0v) is 16.4. The van der Waals surface area contributed by atoms with E-state index < -0.39 is 14.4 Å². The Hall–Kier alpha value is -0.633. The van der Waals surface area contributed by atoms with Crippen LogP contribution in [0.3, 0.4) is 0 Å². The van der Waals surface area contributed by atoms with Crippen molar-refractivity contribution in [2.45, 2.75) is 38.6 Å². The smallest absolute Gasteiger partial charge is 0.195 e. The minimum absolute atomic E-state index is 0.328. The number of rotatable bonds is 10. The highest BCUT2D eigenvalue weighted by Crippen LogP contribution is 2.13. The summed E-state index contributed by atoms with van der Waals surface area (Å²) >= 11 is 0. The van der Waals surface area contributed by atoms with Crippen molar-refractivity contribution in [1.82, 2.24) is 9.80 Å². The first-order valence-corrected chi connectivity index (χ1v) is 11.1. The molecule has 0 aliphatic heterocycles. The molecule has 1 unspecified atom stereocenters. The summed E-state index contributed by atoms with van der Waals surface area (Å²) in [5.74, 6) is 0.837. The Morgan fingerprint density at radius 3 is 2.27 bits per heavy atom. The molecular weight excluding hydrogens is 298 g/mol. The topological polar surface area (TPSA) is 57.5 Å². The van der Waals surface area contributed by atoms with Gasteiger partial charge < -0.3 is 24.1 Å². The van der Waals surface area contributed by atoms with Gasteiger partial charge in [-0.2, -0.15) is 0 Å². The van der Waals surface area contributed by atoms with Gasteiger partial charge in [0.1, 0.15) is 0 Å². The van der Waals surface area contributed by atoms with Crippen LogP contribution in [0.4, 0.5) is 0 Å². The summed E-state index contributed by atoms with van der Waals surface area (Å²) in [6.07, 6.45) is 0.419. The van der Waals surface area contributed by atoms with Crippen LogP contribution < -0.4 is 0 Å². The number of aliphatic hydroxyl groups is 1. The van der Waals surface area contributed by atoms with Crippen molar-refractivity contribution in [2.24, 2.45) is 4.99 Å². The van der Waals surface area contributed by atoms with E-state index >= 15 is 0 Å². The Labute approximate surface area is 137 Å². The van der Waals surface area contributed by atoms with Crippen molar-refractivity contribution in [1.29, 1.82) is 0 Å². The Bertz CT molecular complexity index is 313. The maximum absolute atomic E-state index is 9.92. The number of ether oxygens (including phenoxy) is 1. The highest BCUT2D eigenvalue weighted by Gasteiger charge is 2.20. The Morgan fingerprint density at radius 1 is 1.18 bits per heavy atom. The molecule has 0 saturated heterocycles. The van der Waals surface area contributed by atoms with Crippen LogP contribution in [0.25, 0.3) is 0 Å². The lowest BCUT2D eigenvalue weighted by molar-refractivity contribution is 0.0413. The highest BCUT2D eigenvalue weighted by molar-refractivity contribution is 6.71. The number of guanidine groups is 1. The zero-order valence-electron chi connectivity index (χ0n) is 15.4. The van der Waals surface area contributed by atoms with E-state index in [0.717, 1.165) is 25.0 Å². The van der Waals surface area contributed by atoms with Crippen molar-refractivity contribution in [3.8, 4) is 0 Å². The number of aliphatic imine (C=N–C) groups is 1. The monoisotopic (exact) mass is 333 g/mol. The lowest BCUT2D eigenvalue weighted by Crippen LogP contribution is -2.36. The van der Waals surface area contributed by atoms with E-state index in [1.54, 1.807) is 0 Å². The van der Waals surface area contributed by atoms with Crippen LogP contribution in [0.2, 0.25) is 19.1 Å². The molecule has 0 saturated carbocycles. The van der Waals surface area contributed by atoms with Gasteiger partial charge in [-0.3, -0.25) is 4.99 Å². The Kier molecular flexibility index (Phi) is 10.7. The Morgan fingerprint density at radius 2 is 1.77 bits per heavy atom. The average molecular weight is 334 g/mol. The molecule has 22 heavy (non-hydrogen) atoms. The third-order valence-corrected chi connectivity index (χ3v) is 5.78. The molecule has 0 aliphatic rings. The minimum atomic E-state index is -1.51. The molecule has 0 fully saturated rings. The lowest BCUT2D eigenvalue weighted by atomic mass is 10.4. The second kappa shape index (κ2) is 11.0. The predicted octanol–water partition coefficient (Wildman–Crippen LogP) is 1.47. The van der Waals surface area contributed by atoms with E-state index in [0.29, 0.717) is 19.8 Å². The van der Waals surface area contributed by atoms with Gasteiger partial charge in [0.2, 0.25) is 0 Å². The van der Waals surface area contributed by atoms with Gasteiger partial charge in [0, 0.05) is 41.4 Å².